The maximum absolute atomic E-state index is 12.6. The maximum Gasteiger partial charge on any atom is 0.324 e. The molecule has 0 aromatic carbocycles. The molecule has 1 fully saturated rings. The molecule has 1 aliphatic rings. The number of hydrogen-bond donors (Lipinski definition) is 0. The zero-order valence-corrected chi connectivity index (χ0v) is 15.6. The fourth-order valence-electron chi connectivity index (χ4n) is 2.98. The van der Waals surface area contributed by atoms with Gasteiger partial charge in [0.1, 0.15) is 5.78 Å². The summed E-state index contributed by atoms with van der Waals surface area (Å²) in [6, 6.07) is 0. The van der Waals surface area contributed by atoms with Gasteiger partial charge in [0.2, 0.25) is 0 Å². The molecular weight excluding hydrogens is 320 g/mol. The summed E-state index contributed by atoms with van der Waals surface area (Å²) in [6.45, 7) is 7.03. The predicted molar refractivity (Wildman–Crippen MR) is 94.5 cm³/mol. The minimum atomic E-state index is -1.45. The summed E-state index contributed by atoms with van der Waals surface area (Å²) in [6.07, 6.45) is 4.46. The standard InChI is InChI=1S/C20H28O5/c1-5-8-12-20(18(22)24-6-2,19(23)25-7-3)13-11-16-9-10-17(14-16)15(4)21/h11,17H,6-7,9-10,12-14H2,1-4H3/b16-11+. The van der Waals surface area contributed by atoms with Gasteiger partial charge in [-0.3, -0.25) is 14.4 Å². The van der Waals surface area contributed by atoms with Crippen LogP contribution in [0.5, 0.6) is 0 Å². The second kappa shape index (κ2) is 10.0. The molecule has 0 heterocycles. The molecule has 5 nitrogen and oxygen atoms in total. The smallest absolute Gasteiger partial charge is 0.324 e. The average Bonchev–Trinajstić information content (AvgIpc) is 3.05. The molecular formula is C20H28O5. The van der Waals surface area contributed by atoms with E-state index in [4.69, 9.17) is 9.47 Å². The van der Waals surface area contributed by atoms with Crippen LogP contribution in [0.4, 0.5) is 0 Å². The number of allylic oxidation sites excluding steroid dienone is 2. The first-order chi connectivity index (χ1) is 11.9. The zero-order chi connectivity index (χ0) is 18.9. The van der Waals surface area contributed by atoms with Crippen molar-refractivity contribution in [3.05, 3.63) is 11.6 Å². The summed E-state index contributed by atoms with van der Waals surface area (Å²) in [7, 11) is 0. The third-order valence-electron chi connectivity index (χ3n) is 4.54. The molecule has 1 atom stereocenters. The Hall–Kier alpha value is -2.09. The zero-order valence-electron chi connectivity index (χ0n) is 15.6. The highest BCUT2D eigenvalue weighted by Gasteiger charge is 2.47. The highest BCUT2D eigenvalue weighted by Crippen LogP contribution is 2.36. The molecule has 1 saturated carbocycles. The van der Waals surface area contributed by atoms with Crippen LogP contribution in [0.1, 0.15) is 59.8 Å². The fraction of sp³-hybridized carbons (Fsp3) is 0.650. The van der Waals surface area contributed by atoms with Crippen LogP contribution in [-0.4, -0.2) is 30.9 Å². The lowest BCUT2D eigenvalue weighted by Crippen LogP contribution is -2.41. The van der Waals surface area contributed by atoms with Crippen molar-refractivity contribution in [3.63, 3.8) is 0 Å². The van der Waals surface area contributed by atoms with E-state index < -0.39 is 17.4 Å². The number of rotatable bonds is 8. The first-order valence-electron chi connectivity index (χ1n) is 8.83. The lowest BCUT2D eigenvalue weighted by Gasteiger charge is -2.26. The molecule has 0 spiro atoms. The molecule has 0 aromatic heterocycles. The van der Waals surface area contributed by atoms with E-state index in [-0.39, 0.29) is 37.8 Å². The molecule has 1 rings (SSSR count). The Morgan fingerprint density at radius 2 is 1.80 bits per heavy atom. The Bertz CT molecular complexity index is 573. The number of ketones is 1. The number of ether oxygens (including phenoxy) is 2. The van der Waals surface area contributed by atoms with Crippen molar-refractivity contribution in [3.8, 4) is 11.8 Å². The summed E-state index contributed by atoms with van der Waals surface area (Å²) in [5.41, 5.74) is -0.348. The molecule has 0 amide bonds. The van der Waals surface area contributed by atoms with Crippen LogP contribution in [0.2, 0.25) is 0 Å². The molecule has 0 radical (unpaired) electrons. The largest absolute Gasteiger partial charge is 0.465 e. The molecule has 25 heavy (non-hydrogen) atoms. The monoisotopic (exact) mass is 348 g/mol. The molecule has 5 heteroatoms. The summed E-state index contributed by atoms with van der Waals surface area (Å²) >= 11 is 0. The van der Waals surface area contributed by atoms with Gasteiger partial charge in [0.05, 0.1) is 13.2 Å². The number of hydrogen-bond acceptors (Lipinski definition) is 5. The van der Waals surface area contributed by atoms with Gasteiger partial charge in [-0.25, -0.2) is 0 Å². The Kier molecular flexibility index (Phi) is 8.40. The molecule has 0 saturated heterocycles. The van der Waals surface area contributed by atoms with Crippen molar-refractivity contribution in [2.45, 2.75) is 59.8 Å². The fourth-order valence-corrected chi connectivity index (χ4v) is 2.98. The molecule has 138 valence electrons. The lowest BCUT2D eigenvalue weighted by molar-refractivity contribution is -0.171. The molecule has 1 unspecified atom stereocenters. The number of Topliss-reactive ketones (excluding diaryl/α,β-unsaturated/α-hetero) is 1. The van der Waals surface area contributed by atoms with Gasteiger partial charge in [-0.15, -0.1) is 11.8 Å². The van der Waals surface area contributed by atoms with Gasteiger partial charge in [-0.1, -0.05) is 11.6 Å². The van der Waals surface area contributed by atoms with Gasteiger partial charge in [0.15, 0.2) is 5.41 Å². The minimum Gasteiger partial charge on any atom is -0.465 e. The van der Waals surface area contributed by atoms with Gasteiger partial charge in [0, 0.05) is 12.3 Å². The van der Waals surface area contributed by atoms with E-state index in [1.165, 1.54) is 0 Å². The number of carbonyl (C=O) groups excluding carboxylic acids is 3. The summed E-state index contributed by atoms with van der Waals surface area (Å²) in [5, 5.41) is 0. The van der Waals surface area contributed by atoms with Gasteiger partial charge in [-0.05, 0) is 53.4 Å². The highest BCUT2D eigenvalue weighted by molar-refractivity contribution is 6.00. The van der Waals surface area contributed by atoms with Crippen LogP contribution < -0.4 is 0 Å². The third kappa shape index (κ3) is 5.45. The van der Waals surface area contributed by atoms with Gasteiger partial charge >= 0.3 is 11.9 Å². The summed E-state index contributed by atoms with van der Waals surface area (Å²) in [4.78, 5) is 36.7. The number of esters is 2. The van der Waals surface area contributed by atoms with Crippen LogP contribution in [-0.2, 0) is 23.9 Å². The Morgan fingerprint density at radius 1 is 1.20 bits per heavy atom. The third-order valence-corrected chi connectivity index (χ3v) is 4.54. The van der Waals surface area contributed by atoms with Crippen molar-refractivity contribution in [1.29, 1.82) is 0 Å². The molecule has 0 N–H and O–H groups in total. The first kappa shape index (κ1) is 21.0. The normalized spacial score (nSPS) is 18.4. The Morgan fingerprint density at radius 3 is 2.24 bits per heavy atom. The molecule has 0 aliphatic heterocycles. The number of carbonyl (C=O) groups is 3. The summed E-state index contributed by atoms with van der Waals surface area (Å²) in [5.74, 6) is 4.59. The van der Waals surface area contributed by atoms with Crippen LogP contribution in [0.3, 0.4) is 0 Å². The van der Waals surface area contributed by atoms with E-state index in [1.54, 1.807) is 27.7 Å². The van der Waals surface area contributed by atoms with Gasteiger partial charge < -0.3 is 9.47 Å². The minimum absolute atomic E-state index is 0.0428. The molecule has 1 aliphatic carbocycles. The van der Waals surface area contributed by atoms with E-state index in [0.29, 0.717) is 6.42 Å². The van der Waals surface area contributed by atoms with E-state index in [0.717, 1.165) is 18.4 Å². The molecule has 0 aromatic rings. The lowest BCUT2D eigenvalue weighted by atomic mass is 9.80. The van der Waals surface area contributed by atoms with E-state index in [1.807, 2.05) is 6.08 Å². The van der Waals surface area contributed by atoms with Crippen molar-refractivity contribution >= 4 is 17.7 Å². The highest BCUT2D eigenvalue weighted by atomic mass is 16.6. The predicted octanol–water partition coefficient (Wildman–Crippen LogP) is 3.22. The van der Waals surface area contributed by atoms with Crippen LogP contribution in [0.15, 0.2) is 11.6 Å². The SMILES string of the molecule is CC#CCC(C/C=C1\CCC(C(C)=O)C1)(C(=O)OCC)C(=O)OCC. The van der Waals surface area contributed by atoms with E-state index in [9.17, 15) is 14.4 Å². The van der Waals surface area contributed by atoms with Crippen LogP contribution in [0.25, 0.3) is 0 Å². The van der Waals surface area contributed by atoms with Crippen molar-refractivity contribution in [2.24, 2.45) is 11.3 Å². The van der Waals surface area contributed by atoms with Crippen molar-refractivity contribution < 1.29 is 23.9 Å². The van der Waals surface area contributed by atoms with Gasteiger partial charge in [0.25, 0.3) is 0 Å². The average molecular weight is 348 g/mol. The van der Waals surface area contributed by atoms with E-state index >= 15 is 0 Å². The second-order valence-electron chi connectivity index (χ2n) is 6.24. The van der Waals surface area contributed by atoms with Crippen LogP contribution >= 0.6 is 0 Å². The Balaban J connectivity index is 3.10. The van der Waals surface area contributed by atoms with Gasteiger partial charge in [-0.2, -0.15) is 0 Å². The second-order valence-corrected chi connectivity index (χ2v) is 6.24. The molecule has 0 bridgehead atoms. The quantitative estimate of drug-likeness (QED) is 0.291. The van der Waals surface area contributed by atoms with Crippen molar-refractivity contribution in [1.82, 2.24) is 0 Å². The van der Waals surface area contributed by atoms with Crippen LogP contribution in [0, 0.1) is 23.2 Å². The van der Waals surface area contributed by atoms with Crippen molar-refractivity contribution in [2.75, 3.05) is 13.2 Å². The van der Waals surface area contributed by atoms with E-state index in [2.05, 4.69) is 11.8 Å². The first-order valence-corrected chi connectivity index (χ1v) is 8.83. The Labute approximate surface area is 150 Å². The maximum atomic E-state index is 12.6. The topological polar surface area (TPSA) is 69.7 Å². The summed E-state index contributed by atoms with van der Waals surface area (Å²) < 4.78 is 10.3.